The monoisotopic (exact) mass is 305 g/mol. The van der Waals surface area contributed by atoms with Crippen LogP contribution in [0.3, 0.4) is 0 Å². The molecule has 1 aromatic heterocycles. The lowest BCUT2D eigenvalue weighted by atomic mass is 9.96. The molecule has 1 N–H and O–H groups in total. The predicted octanol–water partition coefficient (Wildman–Crippen LogP) is 5.26. The molecule has 0 radical (unpaired) electrons. The van der Waals surface area contributed by atoms with Crippen molar-refractivity contribution in [2.24, 2.45) is 0 Å². The fourth-order valence-corrected chi connectivity index (χ4v) is 3.36. The summed E-state index contributed by atoms with van der Waals surface area (Å²) in [5, 5.41) is 5.69. The normalized spacial score (nSPS) is 12.5. The Morgan fingerprint density at radius 2 is 2.14 bits per heavy atom. The zero-order valence-electron chi connectivity index (χ0n) is 12.9. The smallest absolute Gasteiger partial charge is 0.123 e. The second-order valence-electron chi connectivity index (χ2n) is 5.48. The average Bonchev–Trinajstić information content (AvgIpc) is 2.99. The van der Waals surface area contributed by atoms with Crippen molar-refractivity contribution in [1.82, 2.24) is 5.32 Å². The second-order valence-corrected chi connectivity index (χ2v) is 6.51. The molecule has 0 spiro atoms. The van der Waals surface area contributed by atoms with Crippen LogP contribution in [0.2, 0.25) is 0 Å². The van der Waals surface area contributed by atoms with E-state index in [1.165, 1.54) is 10.4 Å². The number of hydrogen-bond acceptors (Lipinski definition) is 2. The summed E-state index contributed by atoms with van der Waals surface area (Å²) >= 11 is 1.81. The maximum Gasteiger partial charge on any atom is 0.123 e. The Labute approximate surface area is 131 Å². The predicted molar refractivity (Wildman–Crippen MR) is 89.4 cm³/mol. The van der Waals surface area contributed by atoms with Crippen molar-refractivity contribution in [2.45, 2.75) is 45.6 Å². The molecule has 0 saturated carbocycles. The lowest BCUT2D eigenvalue weighted by molar-refractivity contribution is 0.480. The van der Waals surface area contributed by atoms with E-state index in [0.29, 0.717) is 0 Å². The molecule has 0 aliphatic carbocycles. The number of nitrogens with one attached hydrogen (secondary N) is 1. The van der Waals surface area contributed by atoms with E-state index in [4.69, 9.17) is 0 Å². The topological polar surface area (TPSA) is 12.0 Å². The molecule has 1 heterocycles. The molecule has 3 heteroatoms. The minimum atomic E-state index is -0.142. The van der Waals surface area contributed by atoms with Gasteiger partial charge in [-0.3, -0.25) is 0 Å². The molecule has 0 saturated heterocycles. The largest absolute Gasteiger partial charge is 0.310 e. The molecule has 1 nitrogen and oxygen atoms in total. The molecule has 0 aliphatic rings. The van der Waals surface area contributed by atoms with Crippen LogP contribution in [0.25, 0.3) is 0 Å². The minimum Gasteiger partial charge on any atom is -0.310 e. The van der Waals surface area contributed by atoms with Gasteiger partial charge in [0.05, 0.1) is 0 Å². The van der Waals surface area contributed by atoms with E-state index in [-0.39, 0.29) is 11.9 Å². The highest BCUT2D eigenvalue weighted by Gasteiger charge is 2.14. The number of thiophene rings is 1. The highest BCUT2D eigenvalue weighted by atomic mass is 32.1. The van der Waals surface area contributed by atoms with Crippen LogP contribution in [0.4, 0.5) is 4.39 Å². The lowest BCUT2D eigenvalue weighted by Crippen LogP contribution is -2.23. The summed E-state index contributed by atoms with van der Waals surface area (Å²) in [6.45, 7) is 5.20. The van der Waals surface area contributed by atoms with E-state index in [9.17, 15) is 4.39 Å². The van der Waals surface area contributed by atoms with Crippen molar-refractivity contribution in [1.29, 1.82) is 0 Å². The SMILES string of the molecule is CCCNC(CCCc1cccs1)c1cc(F)ccc1C. The molecule has 1 aromatic carbocycles. The zero-order chi connectivity index (χ0) is 15.1. The summed E-state index contributed by atoms with van der Waals surface area (Å²) in [5.74, 6) is -0.142. The quantitative estimate of drug-likeness (QED) is 0.701. The van der Waals surface area contributed by atoms with Gasteiger partial charge in [0.15, 0.2) is 0 Å². The van der Waals surface area contributed by atoms with Gasteiger partial charge in [-0.15, -0.1) is 11.3 Å². The van der Waals surface area contributed by atoms with E-state index in [1.54, 1.807) is 12.1 Å². The van der Waals surface area contributed by atoms with Crippen molar-refractivity contribution in [3.8, 4) is 0 Å². The van der Waals surface area contributed by atoms with Crippen LogP contribution in [0.5, 0.6) is 0 Å². The molecular weight excluding hydrogens is 281 g/mol. The van der Waals surface area contributed by atoms with Crippen molar-refractivity contribution < 1.29 is 4.39 Å². The molecule has 1 unspecified atom stereocenters. The van der Waals surface area contributed by atoms with E-state index in [1.807, 2.05) is 17.4 Å². The number of rotatable bonds is 8. The second kappa shape index (κ2) is 8.30. The molecule has 0 fully saturated rings. The van der Waals surface area contributed by atoms with Gasteiger partial charge in [0.2, 0.25) is 0 Å². The maximum absolute atomic E-state index is 13.5. The van der Waals surface area contributed by atoms with Gasteiger partial charge in [-0.2, -0.15) is 0 Å². The maximum atomic E-state index is 13.5. The first-order valence-electron chi connectivity index (χ1n) is 7.72. The van der Waals surface area contributed by atoms with Gasteiger partial charge in [0.1, 0.15) is 5.82 Å². The summed E-state index contributed by atoms with van der Waals surface area (Å²) < 4.78 is 13.5. The number of aryl methyl sites for hydroxylation is 2. The third-order valence-electron chi connectivity index (χ3n) is 3.75. The van der Waals surface area contributed by atoms with Gasteiger partial charge in [0, 0.05) is 10.9 Å². The highest BCUT2D eigenvalue weighted by Crippen LogP contribution is 2.24. The van der Waals surface area contributed by atoms with Crippen LogP contribution in [0.15, 0.2) is 35.7 Å². The number of hydrogen-bond donors (Lipinski definition) is 1. The fourth-order valence-electron chi connectivity index (χ4n) is 2.61. The Bertz CT molecular complexity index is 536. The van der Waals surface area contributed by atoms with Gasteiger partial charge < -0.3 is 5.32 Å². The van der Waals surface area contributed by atoms with Crippen LogP contribution in [-0.2, 0) is 6.42 Å². The third-order valence-corrected chi connectivity index (χ3v) is 4.69. The first kappa shape index (κ1) is 16.2. The van der Waals surface area contributed by atoms with Crippen LogP contribution >= 0.6 is 11.3 Å². The Morgan fingerprint density at radius 1 is 1.29 bits per heavy atom. The summed E-state index contributed by atoms with van der Waals surface area (Å²) in [5.41, 5.74) is 2.27. The average molecular weight is 305 g/mol. The van der Waals surface area contributed by atoms with Crippen molar-refractivity contribution in [2.75, 3.05) is 6.54 Å². The van der Waals surface area contributed by atoms with E-state index >= 15 is 0 Å². The third kappa shape index (κ3) is 4.94. The summed E-state index contributed by atoms with van der Waals surface area (Å²) in [6.07, 6.45) is 4.37. The highest BCUT2D eigenvalue weighted by molar-refractivity contribution is 7.09. The van der Waals surface area contributed by atoms with Gasteiger partial charge in [0.25, 0.3) is 0 Å². The van der Waals surface area contributed by atoms with E-state index in [0.717, 1.165) is 37.8 Å². The molecular formula is C18H24FNS. The van der Waals surface area contributed by atoms with Gasteiger partial charge in [-0.25, -0.2) is 4.39 Å². The van der Waals surface area contributed by atoms with Crippen molar-refractivity contribution >= 4 is 11.3 Å². The Kier molecular flexibility index (Phi) is 6.40. The fraction of sp³-hybridized carbons (Fsp3) is 0.444. The molecule has 2 aromatic rings. The number of benzene rings is 1. The Morgan fingerprint density at radius 3 is 2.86 bits per heavy atom. The minimum absolute atomic E-state index is 0.142. The summed E-state index contributed by atoms with van der Waals surface area (Å²) in [7, 11) is 0. The van der Waals surface area contributed by atoms with Crippen LogP contribution < -0.4 is 5.32 Å². The zero-order valence-corrected chi connectivity index (χ0v) is 13.7. The first-order valence-corrected chi connectivity index (χ1v) is 8.60. The molecule has 0 aliphatic heterocycles. The van der Waals surface area contributed by atoms with Crippen LogP contribution in [0.1, 0.15) is 48.2 Å². The van der Waals surface area contributed by atoms with E-state index < -0.39 is 0 Å². The van der Waals surface area contributed by atoms with Gasteiger partial charge >= 0.3 is 0 Å². The van der Waals surface area contributed by atoms with Gasteiger partial charge in [-0.05, 0) is 73.9 Å². The molecule has 114 valence electrons. The first-order chi connectivity index (χ1) is 10.2. The molecule has 0 amide bonds. The van der Waals surface area contributed by atoms with Crippen LogP contribution in [0, 0.1) is 12.7 Å². The lowest BCUT2D eigenvalue weighted by Gasteiger charge is -2.21. The standard InChI is InChI=1S/C18H24FNS/c1-3-11-20-18(8-4-6-16-7-5-12-21-16)17-13-15(19)10-9-14(17)2/h5,7,9-10,12-13,18,20H,3-4,6,8,11H2,1-2H3. The Hall–Kier alpha value is -1.19. The van der Waals surface area contributed by atoms with Crippen molar-refractivity contribution in [3.63, 3.8) is 0 Å². The molecule has 0 bridgehead atoms. The molecule has 21 heavy (non-hydrogen) atoms. The molecule has 2 rings (SSSR count). The Balaban J connectivity index is 2.01. The van der Waals surface area contributed by atoms with Crippen molar-refractivity contribution in [3.05, 3.63) is 57.5 Å². The molecule has 1 atom stereocenters. The van der Waals surface area contributed by atoms with E-state index in [2.05, 4.69) is 36.7 Å². The number of halogens is 1. The summed E-state index contributed by atoms with van der Waals surface area (Å²) in [4.78, 5) is 1.43. The summed E-state index contributed by atoms with van der Waals surface area (Å²) in [6, 6.07) is 9.65. The van der Waals surface area contributed by atoms with Crippen LogP contribution in [-0.4, -0.2) is 6.54 Å². The van der Waals surface area contributed by atoms with Gasteiger partial charge in [-0.1, -0.05) is 19.1 Å².